The third-order valence-electron chi connectivity index (χ3n) is 3.77. The highest BCUT2D eigenvalue weighted by atomic mass is 32.2. The molecular weight excluding hydrogens is 282 g/mol. The Morgan fingerprint density at radius 1 is 1.47 bits per heavy atom. The van der Waals surface area contributed by atoms with Crippen LogP contribution < -0.4 is 0 Å². The first-order valence-electron chi connectivity index (χ1n) is 6.68. The van der Waals surface area contributed by atoms with Gasteiger partial charge in [0.25, 0.3) is 0 Å². The normalized spacial score (nSPS) is 16.8. The third-order valence-corrected chi connectivity index (χ3v) is 7.16. The molecule has 0 atom stereocenters. The molecule has 1 fully saturated rings. The Balaban J connectivity index is 2.30. The van der Waals surface area contributed by atoms with Crippen molar-refractivity contribution >= 4 is 21.4 Å². The van der Waals surface area contributed by atoms with Crippen molar-refractivity contribution in [2.24, 2.45) is 5.92 Å². The number of hydrogen-bond donors (Lipinski definition) is 1. The maximum absolute atomic E-state index is 12.7. The molecule has 0 saturated heterocycles. The zero-order valence-corrected chi connectivity index (χ0v) is 13.1. The van der Waals surface area contributed by atoms with Gasteiger partial charge in [-0.2, -0.15) is 4.31 Å². The highest BCUT2D eigenvalue weighted by Crippen LogP contribution is 2.32. The number of aliphatic hydroxyl groups is 1. The summed E-state index contributed by atoms with van der Waals surface area (Å²) in [5.74, 6) is 0.506. The summed E-state index contributed by atoms with van der Waals surface area (Å²) >= 11 is 1.31. The van der Waals surface area contributed by atoms with E-state index in [-0.39, 0.29) is 6.61 Å². The van der Waals surface area contributed by atoms with Gasteiger partial charge in [0.2, 0.25) is 10.0 Å². The van der Waals surface area contributed by atoms with Crippen LogP contribution in [-0.2, 0) is 16.6 Å². The molecule has 0 aromatic carbocycles. The molecule has 1 aliphatic rings. The minimum absolute atomic E-state index is 0.214. The lowest BCUT2D eigenvalue weighted by atomic mass is 9.85. The summed E-state index contributed by atoms with van der Waals surface area (Å²) in [5.41, 5.74) is 0.737. The summed E-state index contributed by atoms with van der Waals surface area (Å²) in [6.45, 7) is 4.54. The van der Waals surface area contributed by atoms with Crippen molar-refractivity contribution in [3.05, 3.63) is 15.8 Å². The van der Waals surface area contributed by atoms with Crippen molar-refractivity contribution in [3.63, 3.8) is 0 Å². The number of aryl methyl sites for hydroxylation is 1. The van der Waals surface area contributed by atoms with E-state index in [9.17, 15) is 13.5 Å². The number of thiophene rings is 1. The zero-order chi connectivity index (χ0) is 14.0. The number of aliphatic hydroxyl groups excluding tert-OH is 1. The number of rotatable bonds is 6. The van der Waals surface area contributed by atoms with Gasteiger partial charge in [-0.1, -0.05) is 13.3 Å². The largest absolute Gasteiger partial charge is 0.391 e. The average Bonchev–Trinajstić information content (AvgIpc) is 2.69. The van der Waals surface area contributed by atoms with Crippen molar-refractivity contribution in [2.75, 3.05) is 13.1 Å². The van der Waals surface area contributed by atoms with Crippen LogP contribution in [-0.4, -0.2) is 30.9 Å². The van der Waals surface area contributed by atoms with Gasteiger partial charge in [0.1, 0.15) is 4.90 Å². The van der Waals surface area contributed by atoms with Crippen molar-refractivity contribution < 1.29 is 13.5 Å². The fourth-order valence-electron chi connectivity index (χ4n) is 2.43. The van der Waals surface area contributed by atoms with Crippen molar-refractivity contribution in [3.8, 4) is 0 Å². The number of sulfonamides is 1. The van der Waals surface area contributed by atoms with Crippen molar-refractivity contribution in [2.45, 2.75) is 44.6 Å². The molecule has 0 amide bonds. The van der Waals surface area contributed by atoms with Crippen LogP contribution in [0.4, 0.5) is 0 Å². The van der Waals surface area contributed by atoms with E-state index in [2.05, 4.69) is 0 Å². The molecule has 4 nitrogen and oxygen atoms in total. The molecule has 2 rings (SSSR count). The SMILES string of the molecule is CCN(CC1CCC1)S(=O)(=O)c1c(C)csc1CO. The van der Waals surface area contributed by atoms with E-state index in [4.69, 9.17) is 0 Å². The first-order valence-corrected chi connectivity index (χ1v) is 9.00. The van der Waals surface area contributed by atoms with Crippen LogP contribution in [0.2, 0.25) is 0 Å². The van der Waals surface area contributed by atoms with Crippen LogP contribution in [0.15, 0.2) is 10.3 Å². The predicted octanol–water partition coefficient (Wildman–Crippen LogP) is 2.36. The molecule has 0 unspecified atom stereocenters. The second-order valence-electron chi connectivity index (χ2n) is 5.08. The summed E-state index contributed by atoms with van der Waals surface area (Å²) < 4.78 is 27.0. The topological polar surface area (TPSA) is 57.6 Å². The Kier molecular flexibility index (Phi) is 4.66. The van der Waals surface area contributed by atoms with Gasteiger partial charge in [-0.25, -0.2) is 8.42 Å². The van der Waals surface area contributed by atoms with Gasteiger partial charge in [-0.05, 0) is 36.6 Å². The lowest BCUT2D eigenvalue weighted by Gasteiger charge is -2.31. The monoisotopic (exact) mass is 303 g/mol. The highest BCUT2D eigenvalue weighted by Gasteiger charge is 2.31. The Morgan fingerprint density at radius 3 is 2.63 bits per heavy atom. The van der Waals surface area contributed by atoms with Gasteiger partial charge in [0.05, 0.1) is 11.5 Å². The zero-order valence-electron chi connectivity index (χ0n) is 11.4. The van der Waals surface area contributed by atoms with Crippen LogP contribution in [0.5, 0.6) is 0 Å². The Labute approximate surface area is 119 Å². The average molecular weight is 303 g/mol. The molecule has 1 aliphatic carbocycles. The molecule has 0 radical (unpaired) electrons. The van der Waals surface area contributed by atoms with Gasteiger partial charge in [0.15, 0.2) is 0 Å². The lowest BCUT2D eigenvalue weighted by Crippen LogP contribution is -2.37. The van der Waals surface area contributed by atoms with Crippen LogP contribution in [0, 0.1) is 12.8 Å². The summed E-state index contributed by atoms with van der Waals surface area (Å²) in [5, 5.41) is 11.1. The van der Waals surface area contributed by atoms with E-state index in [1.165, 1.54) is 17.8 Å². The molecule has 6 heteroatoms. The van der Waals surface area contributed by atoms with E-state index in [1.807, 2.05) is 6.92 Å². The first-order chi connectivity index (χ1) is 9.00. The summed E-state index contributed by atoms with van der Waals surface area (Å²) in [6.07, 6.45) is 3.46. The third kappa shape index (κ3) is 2.86. The Morgan fingerprint density at radius 2 is 2.16 bits per heavy atom. The van der Waals surface area contributed by atoms with Gasteiger partial charge in [0, 0.05) is 13.1 Å². The van der Waals surface area contributed by atoms with E-state index in [1.54, 1.807) is 16.6 Å². The maximum atomic E-state index is 12.7. The number of hydrogen-bond acceptors (Lipinski definition) is 4. The number of nitrogens with zero attached hydrogens (tertiary/aromatic N) is 1. The predicted molar refractivity (Wildman–Crippen MR) is 76.8 cm³/mol. The molecule has 0 spiro atoms. The molecule has 0 aliphatic heterocycles. The standard InChI is InChI=1S/C13H21NO3S2/c1-3-14(7-11-5-4-6-11)19(16,17)13-10(2)9-18-12(13)8-15/h9,11,15H,3-8H2,1-2H3. The van der Waals surface area contributed by atoms with Gasteiger partial charge < -0.3 is 5.11 Å². The molecule has 1 aromatic heterocycles. The molecule has 19 heavy (non-hydrogen) atoms. The maximum Gasteiger partial charge on any atom is 0.244 e. The second-order valence-corrected chi connectivity index (χ2v) is 7.92. The Bertz CT molecular complexity index is 532. The minimum atomic E-state index is -3.47. The van der Waals surface area contributed by atoms with Gasteiger partial charge >= 0.3 is 0 Å². The fourth-order valence-corrected chi connectivity index (χ4v) is 5.57. The first kappa shape index (κ1) is 15.0. The molecule has 1 saturated carbocycles. The minimum Gasteiger partial charge on any atom is -0.391 e. The lowest BCUT2D eigenvalue weighted by molar-refractivity contribution is 0.249. The Hall–Kier alpha value is -0.430. The van der Waals surface area contributed by atoms with Crippen LogP contribution in [0.3, 0.4) is 0 Å². The molecular formula is C13H21NO3S2. The molecule has 0 bridgehead atoms. The van der Waals surface area contributed by atoms with Crippen molar-refractivity contribution in [1.82, 2.24) is 4.31 Å². The van der Waals surface area contributed by atoms with E-state index < -0.39 is 10.0 Å². The molecule has 1 heterocycles. The van der Waals surface area contributed by atoms with E-state index in [0.29, 0.717) is 28.8 Å². The summed E-state index contributed by atoms with van der Waals surface area (Å²) in [6, 6.07) is 0. The summed E-state index contributed by atoms with van der Waals surface area (Å²) in [4.78, 5) is 0.866. The second kappa shape index (κ2) is 5.91. The highest BCUT2D eigenvalue weighted by molar-refractivity contribution is 7.89. The van der Waals surface area contributed by atoms with E-state index in [0.717, 1.165) is 18.4 Å². The smallest absolute Gasteiger partial charge is 0.244 e. The van der Waals surface area contributed by atoms with E-state index >= 15 is 0 Å². The van der Waals surface area contributed by atoms with Gasteiger partial charge in [-0.15, -0.1) is 11.3 Å². The molecule has 1 aromatic rings. The van der Waals surface area contributed by atoms with Crippen LogP contribution >= 0.6 is 11.3 Å². The molecule has 108 valence electrons. The fraction of sp³-hybridized carbons (Fsp3) is 0.692. The van der Waals surface area contributed by atoms with Crippen LogP contribution in [0.25, 0.3) is 0 Å². The van der Waals surface area contributed by atoms with Gasteiger partial charge in [-0.3, -0.25) is 0 Å². The van der Waals surface area contributed by atoms with Crippen molar-refractivity contribution in [1.29, 1.82) is 0 Å². The quantitative estimate of drug-likeness (QED) is 0.877. The van der Waals surface area contributed by atoms with Crippen LogP contribution in [0.1, 0.15) is 36.6 Å². The molecule has 1 N–H and O–H groups in total. The summed E-state index contributed by atoms with van der Waals surface area (Å²) in [7, 11) is -3.47.